The van der Waals surface area contributed by atoms with E-state index in [1.807, 2.05) is 0 Å². The minimum absolute atomic E-state index is 0.252. The summed E-state index contributed by atoms with van der Waals surface area (Å²) in [5.74, 6) is -0.941. The van der Waals surface area contributed by atoms with E-state index in [1.165, 1.54) is 24.3 Å². The molecule has 0 unspecified atom stereocenters. The molecule has 0 aliphatic heterocycles. The third-order valence-electron chi connectivity index (χ3n) is 3.33. The van der Waals surface area contributed by atoms with Gasteiger partial charge in [-0.05, 0) is 45.0 Å². The Bertz CT molecular complexity index is 820. The number of nitrogens with two attached hydrogens (primary N) is 1. The number of alkyl halides is 3. The molecule has 2 rings (SSSR count). The lowest BCUT2D eigenvalue weighted by atomic mass is 10.1. The summed E-state index contributed by atoms with van der Waals surface area (Å²) in [5.41, 5.74) is 2.97. The average molecular weight is 369 g/mol. The van der Waals surface area contributed by atoms with Crippen LogP contribution in [0.5, 0.6) is 0 Å². The van der Waals surface area contributed by atoms with Crippen LogP contribution in [0, 0.1) is 0 Å². The molecule has 0 saturated carbocycles. The first-order chi connectivity index (χ1) is 11.9. The molecule has 7 nitrogen and oxygen atoms in total. The number of hydrogen-bond acceptors (Lipinski definition) is 3. The van der Waals surface area contributed by atoms with Gasteiger partial charge in [0.2, 0.25) is 0 Å². The number of primary amides is 1. The van der Waals surface area contributed by atoms with Crippen molar-refractivity contribution in [2.75, 3.05) is 10.6 Å². The van der Waals surface area contributed by atoms with Gasteiger partial charge in [0.15, 0.2) is 5.69 Å². The van der Waals surface area contributed by atoms with Crippen LogP contribution in [0.25, 0.3) is 0 Å². The molecule has 0 fully saturated rings. The molecule has 0 bridgehead atoms. The Kier molecular flexibility index (Phi) is 4.97. The van der Waals surface area contributed by atoms with Gasteiger partial charge in [0.1, 0.15) is 0 Å². The summed E-state index contributed by atoms with van der Waals surface area (Å²) < 4.78 is 41.1. The molecule has 0 aliphatic rings. The van der Waals surface area contributed by atoms with Crippen LogP contribution in [-0.4, -0.2) is 21.7 Å². The number of benzene rings is 1. The van der Waals surface area contributed by atoms with Crippen molar-refractivity contribution < 1.29 is 22.8 Å². The molecule has 1 heterocycles. The lowest BCUT2D eigenvalue weighted by Crippen LogP contribution is -2.30. The van der Waals surface area contributed by atoms with Crippen LogP contribution in [0.1, 0.15) is 36.8 Å². The number of halogens is 3. The van der Waals surface area contributed by atoms with Crippen molar-refractivity contribution >= 4 is 23.3 Å². The molecule has 0 spiro atoms. The SMILES string of the molecule is CC(C)(C)n1ncc(C(=O)Nc2ccc(NC(N)=O)cc2)c1C(F)(F)F. The number of rotatable bonds is 3. The van der Waals surface area contributed by atoms with Crippen LogP contribution in [0.2, 0.25) is 0 Å². The summed E-state index contributed by atoms with van der Waals surface area (Å²) in [4.78, 5) is 23.1. The lowest BCUT2D eigenvalue weighted by Gasteiger charge is -2.23. The van der Waals surface area contributed by atoms with E-state index in [0.717, 1.165) is 10.9 Å². The molecular formula is C16H18F3N5O2. The molecule has 0 saturated heterocycles. The van der Waals surface area contributed by atoms with Crippen LogP contribution in [0.15, 0.2) is 30.5 Å². The predicted molar refractivity (Wildman–Crippen MR) is 89.8 cm³/mol. The van der Waals surface area contributed by atoms with Gasteiger partial charge in [-0.2, -0.15) is 18.3 Å². The molecule has 10 heteroatoms. The number of aromatic nitrogens is 2. The van der Waals surface area contributed by atoms with E-state index in [2.05, 4.69) is 15.7 Å². The van der Waals surface area contributed by atoms with E-state index in [-0.39, 0.29) is 5.69 Å². The highest BCUT2D eigenvalue weighted by Gasteiger charge is 2.42. The van der Waals surface area contributed by atoms with Crippen LogP contribution in [0.4, 0.5) is 29.3 Å². The molecule has 26 heavy (non-hydrogen) atoms. The third kappa shape index (κ3) is 4.32. The number of nitrogens with zero attached hydrogens (tertiary/aromatic N) is 2. The van der Waals surface area contributed by atoms with Crippen molar-refractivity contribution in [2.45, 2.75) is 32.5 Å². The average Bonchev–Trinajstić information content (AvgIpc) is 2.94. The van der Waals surface area contributed by atoms with Gasteiger partial charge in [0, 0.05) is 11.4 Å². The van der Waals surface area contributed by atoms with Gasteiger partial charge in [0.25, 0.3) is 5.91 Å². The molecule has 1 aromatic heterocycles. The molecule has 2 aromatic rings. The number of amides is 3. The zero-order valence-electron chi connectivity index (χ0n) is 14.3. The smallest absolute Gasteiger partial charge is 0.351 e. The second-order valence-electron chi connectivity index (χ2n) is 6.51. The molecule has 140 valence electrons. The number of anilines is 2. The summed E-state index contributed by atoms with van der Waals surface area (Å²) in [6, 6.07) is 4.98. The topological polar surface area (TPSA) is 102 Å². The van der Waals surface area contributed by atoms with Crippen molar-refractivity contribution in [3.05, 3.63) is 41.7 Å². The zero-order valence-corrected chi connectivity index (χ0v) is 14.3. The van der Waals surface area contributed by atoms with Gasteiger partial charge < -0.3 is 16.4 Å². The van der Waals surface area contributed by atoms with E-state index in [9.17, 15) is 22.8 Å². The molecule has 3 amide bonds. The molecule has 0 radical (unpaired) electrons. The highest BCUT2D eigenvalue weighted by atomic mass is 19.4. The Morgan fingerprint density at radius 3 is 1.96 bits per heavy atom. The summed E-state index contributed by atoms with van der Waals surface area (Å²) in [6.07, 6.45) is -3.85. The molecular weight excluding hydrogens is 351 g/mol. The van der Waals surface area contributed by atoms with E-state index >= 15 is 0 Å². The summed E-state index contributed by atoms with van der Waals surface area (Å²) in [6.45, 7) is 4.67. The van der Waals surface area contributed by atoms with E-state index < -0.39 is 34.9 Å². The maximum atomic E-state index is 13.5. The minimum atomic E-state index is -4.74. The summed E-state index contributed by atoms with van der Waals surface area (Å²) in [7, 11) is 0. The van der Waals surface area contributed by atoms with Crippen LogP contribution >= 0.6 is 0 Å². The Morgan fingerprint density at radius 2 is 1.54 bits per heavy atom. The van der Waals surface area contributed by atoms with Gasteiger partial charge in [-0.3, -0.25) is 9.48 Å². The van der Waals surface area contributed by atoms with Crippen molar-refractivity contribution in [3.63, 3.8) is 0 Å². The Morgan fingerprint density at radius 1 is 1.04 bits per heavy atom. The number of urea groups is 1. The number of carbonyl (C=O) groups excluding carboxylic acids is 2. The van der Waals surface area contributed by atoms with Crippen molar-refractivity contribution in [1.82, 2.24) is 9.78 Å². The first-order valence-electron chi connectivity index (χ1n) is 7.53. The second kappa shape index (κ2) is 6.70. The lowest BCUT2D eigenvalue weighted by molar-refractivity contribution is -0.146. The Hall–Kier alpha value is -3.04. The largest absolute Gasteiger partial charge is 0.433 e. The summed E-state index contributed by atoms with van der Waals surface area (Å²) >= 11 is 0. The first kappa shape index (κ1) is 19.3. The number of nitrogens with one attached hydrogen (secondary N) is 2. The van der Waals surface area contributed by atoms with Gasteiger partial charge in [0.05, 0.1) is 17.3 Å². The molecule has 1 aromatic carbocycles. The normalized spacial score (nSPS) is 11.9. The predicted octanol–water partition coefficient (Wildman–Crippen LogP) is 3.40. The van der Waals surface area contributed by atoms with Crippen LogP contribution in [0.3, 0.4) is 0 Å². The standard InChI is InChI=1S/C16H18F3N5O2/c1-15(2,3)24-12(16(17,18)19)11(8-21-24)13(25)22-9-4-6-10(7-5-9)23-14(20)26/h4-8H,1-3H3,(H,22,25)(H3,20,23,26). The fourth-order valence-electron chi connectivity index (χ4n) is 2.27. The molecule has 0 atom stereocenters. The van der Waals surface area contributed by atoms with Gasteiger partial charge in [-0.15, -0.1) is 0 Å². The highest BCUT2D eigenvalue weighted by Crippen LogP contribution is 2.35. The fourth-order valence-corrected chi connectivity index (χ4v) is 2.27. The van der Waals surface area contributed by atoms with Crippen LogP contribution in [-0.2, 0) is 11.7 Å². The minimum Gasteiger partial charge on any atom is -0.351 e. The fraction of sp³-hybridized carbons (Fsp3) is 0.312. The summed E-state index contributed by atoms with van der Waals surface area (Å²) in [5, 5.41) is 8.45. The van der Waals surface area contributed by atoms with Crippen molar-refractivity contribution in [3.8, 4) is 0 Å². The molecule has 4 N–H and O–H groups in total. The van der Waals surface area contributed by atoms with E-state index in [4.69, 9.17) is 5.73 Å². The number of hydrogen-bond donors (Lipinski definition) is 3. The van der Waals surface area contributed by atoms with Crippen molar-refractivity contribution in [1.29, 1.82) is 0 Å². The van der Waals surface area contributed by atoms with Crippen LogP contribution < -0.4 is 16.4 Å². The number of carbonyl (C=O) groups is 2. The van der Waals surface area contributed by atoms with E-state index in [0.29, 0.717) is 5.69 Å². The van der Waals surface area contributed by atoms with Crippen molar-refractivity contribution in [2.24, 2.45) is 5.73 Å². The third-order valence-corrected chi connectivity index (χ3v) is 3.33. The second-order valence-corrected chi connectivity index (χ2v) is 6.51. The van der Waals surface area contributed by atoms with Gasteiger partial charge >= 0.3 is 12.2 Å². The Labute approximate surface area is 147 Å². The Balaban J connectivity index is 2.30. The van der Waals surface area contributed by atoms with Gasteiger partial charge in [-0.1, -0.05) is 0 Å². The van der Waals surface area contributed by atoms with Gasteiger partial charge in [-0.25, -0.2) is 4.79 Å². The maximum Gasteiger partial charge on any atom is 0.433 e. The first-order valence-corrected chi connectivity index (χ1v) is 7.53. The highest BCUT2D eigenvalue weighted by molar-refractivity contribution is 6.05. The maximum absolute atomic E-state index is 13.5. The zero-order chi connectivity index (χ0) is 19.7. The monoisotopic (exact) mass is 369 g/mol. The molecule has 0 aliphatic carbocycles. The quantitative estimate of drug-likeness (QED) is 0.773. The van der Waals surface area contributed by atoms with E-state index in [1.54, 1.807) is 20.8 Å².